The van der Waals surface area contributed by atoms with Crippen LogP contribution < -0.4 is 16.4 Å². The Labute approximate surface area is 154 Å². The van der Waals surface area contributed by atoms with Gasteiger partial charge >= 0.3 is 0 Å². The molecule has 7 N–H and O–H groups in total. The Kier molecular flexibility index (Phi) is 5.43. The first-order valence-electron chi connectivity index (χ1n) is 8.36. The standard InChI is InChI=1S/C16H21N9O2/c1-2-19-13-3-4-20-16-12(6-21-25(13)16)23-15-11(18)5-10(17)14(24-15)22-9(7-26)8-27/h3-6,9,17,19,26-27H,2,7-8,18H2,1H3,(H,22,23,24). The van der Waals surface area contributed by atoms with Crippen molar-refractivity contribution in [2.75, 3.05) is 25.1 Å². The summed E-state index contributed by atoms with van der Waals surface area (Å²) < 4.78 is 1.63. The third kappa shape index (κ3) is 3.78. The van der Waals surface area contributed by atoms with Crippen molar-refractivity contribution in [3.63, 3.8) is 0 Å². The van der Waals surface area contributed by atoms with Gasteiger partial charge < -0.3 is 26.6 Å². The van der Waals surface area contributed by atoms with Crippen LogP contribution >= 0.6 is 0 Å². The van der Waals surface area contributed by atoms with Gasteiger partial charge in [0, 0.05) is 12.7 Å². The summed E-state index contributed by atoms with van der Waals surface area (Å²) in [5, 5.41) is 36.7. The number of nitrogens with zero attached hydrogens (tertiary/aromatic N) is 5. The molecule has 142 valence electrons. The molecule has 0 atom stereocenters. The van der Waals surface area contributed by atoms with Gasteiger partial charge in [-0.3, -0.25) is 5.41 Å². The SMILES string of the molecule is CCNc1ccnc2c(/N=C3\N=C(NC(CO)CO)C(=N)C=C3N)cnn12. The van der Waals surface area contributed by atoms with Crippen LogP contribution in [0.4, 0.5) is 11.5 Å². The maximum atomic E-state index is 9.21. The van der Waals surface area contributed by atoms with E-state index in [9.17, 15) is 10.2 Å². The van der Waals surface area contributed by atoms with Crippen molar-refractivity contribution < 1.29 is 10.2 Å². The number of anilines is 1. The molecule has 0 radical (unpaired) electrons. The zero-order valence-corrected chi connectivity index (χ0v) is 14.7. The monoisotopic (exact) mass is 371 g/mol. The Bertz CT molecular complexity index is 941. The van der Waals surface area contributed by atoms with E-state index in [0.29, 0.717) is 11.3 Å². The van der Waals surface area contributed by atoms with Crippen molar-refractivity contribution >= 4 is 34.5 Å². The quantitative estimate of drug-likeness (QED) is 0.394. The summed E-state index contributed by atoms with van der Waals surface area (Å²) in [7, 11) is 0. The molecular weight excluding hydrogens is 350 g/mol. The fraction of sp³-hybridized carbons (Fsp3) is 0.312. The molecule has 1 aliphatic rings. The molecule has 0 saturated heterocycles. The summed E-state index contributed by atoms with van der Waals surface area (Å²) >= 11 is 0. The van der Waals surface area contributed by atoms with Crippen LogP contribution in [-0.4, -0.2) is 68.0 Å². The molecule has 27 heavy (non-hydrogen) atoms. The third-order valence-electron chi connectivity index (χ3n) is 3.78. The van der Waals surface area contributed by atoms with Gasteiger partial charge in [0.2, 0.25) is 0 Å². The lowest BCUT2D eigenvalue weighted by molar-refractivity contribution is 0.184. The minimum Gasteiger partial charge on any atom is -0.396 e. The molecule has 0 bridgehead atoms. The lowest BCUT2D eigenvalue weighted by Gasteiger charge is -2.19. The normalized spacial score (nSPS) is 16.0. The Morgan fingerprint density at radius 1 is 1.37 bits per heavy atom. The molecule has 0 spiro atoms. The second kappa shape index (κ2) is 7.93. The third-order valence-corrected chi connectivity index (χ3v) is 3.78. The van der Waals surface area contributed by atoms with Crippen LogP contribution in [0.3, 0.4) is 0 Å². The highest BCUT2D eigenvalue weighted by Crippen LogP contribution is 2.22. The first-order valence-corrected chi connectivity index (χ1v) is 8.36. The van der Waals surface area contributed by atoms with Crippen LogP contribution in [0.2, 0.25) is 0 Å². The summed E-state index contributed by atoms with van der Waals surface area (Å²) in [5.41, 5.74) is 7.22. The van der Waals surface area contributed by atoms with Crippen molar-refractivity contribution in [3.05, 3.63) is 30.2 Å². The molecular formula is C16H21N9O2. The number of hydrogen-bond donors (Lipinski definition) is 6. The highest BCUT2D eigenvalue weighted by Gasteiger charge is 2.19. The summed E-state index contributed by atoms with van der Waals surface area (Å²) in [6.07, 6.45) is 4.61. The van der Waals surface area contributed by atoms with Gasteiger partial charge in [-0.05, 0) is 19.1 Å². The number of nitrogens with one attached hydrogen (secondary N) is 3. The summed E-state index contributed by atoms with van der Waals surface area (Å²) in [6.45, 7) is 2.10. The predicted molar refractivity (Wildman–Crippen MR) is 103 cm³/mol. The Morgan fingerprint density at radius 2 is 2.15 bits per heavy atom. The molecule has 2 aromatic heterocycles. The van der Waals surface area contributed by atoms with Gasteiger partial charge in [-0.15, -0.1) is 0 Å². The number of aliphatic hydroxyl groups is 2. The maximum Gasteiger partial charge on any atom is 0.183 e. The number of aliphatic imine (C=N–C) groups is 2. The second-order valence-electron chi connectivity index (χ2n) is 5.74. The second-order valence-corrected chi connectivity index (χ2v) is 5.74. The van der Waals surface area contributed by atoms with E-state index in [1.54, 1.807) is 23.0 Å². The maximum absolute atomic E-state index is 9.21. The zero-order valence-electron chi connectivity index (χ0n) is 14.7. The topological polar surface area (TPSA) is 169 Å². The summed E-state index contributed by atoms with van der Waals surface area (Å²) in [4.78, 5) is 13.0. The number of rotatable bonds is 6. The highest BCUT2D eigenvalue weighted by molar-refractivity contribution is 6.48. The average Bonchev–Trinajstić information content (AvgIpc) is 3.07. The number of aromatic nitrogens is 3. The van der Waals surface area contributed by atoms with Crippen molar-refractivity contribution in [1.82, 2.24) is 19.9 Å². The highest BCUT2D eigenvalue weighted by atomic mass is 16.3. The molecule has 11 nitrogen and oxygen atoms in total. The molecule has 0 aliphatic carbocycles. The minimum atomic E-state index is -0.639. The number of dihydropyridines is 1. The number of nitrogens with two attached hydrogens (primary N) is 1. The van der Waals surface area contributed by atoms with Crippen molar-refractivity contribution in [2.24, 2.45) is 15.7 Å². The number of aliphatic hydroxyl groups excluding tert-OH is 2. The first kappa shape index (κ1) is 18.5. The van der Waals surface area contributed by atoms with Crippen molar-refractivity contribution in [2.45, 2.75) is 13.0 Å². The Hall–Kier alpha value is -3.31. The van der Waals surface area contributed by atoms with E-state index in [2.05, 4.69) is 30.7 Å². The molecule has 0 amide bonds. The summed E-state index contributed by atoms with van der Waals surface area (Å²) in [5.74, 6) is 1.13. The van der Waals surface area contributed by atoms with Crippen LogP contribution in [0.1, 0.15) is 6.92 Å². The largest absolute Gasteiger partial charge is 0.396 e. The van der Waals surface area contributed by atoms with E-state index in [0.717, 1.165) is 12.4 Å². The van der Waals surface area contributed by atoms with Crippen LogP contribution in [-0.2, 0) is 0 Å². The van der Waals surface area contributed by atoms with Crippen LogP contribution in [0.15, 0.2) is 40.2 Å². The van der Waals surface area contributed by atoms with E-state index in [-0.39, 0.29) is 36.3 Å². The summed E-state index contributed by atoms with van der Waals surface area (Å²) in [6, 6.07) is 1.17. The molecule has 2 aromatic rings. The minimum absolute atomic E-state index is 0.0331. The number of amidine groups is 2. The number of fused-ring (bicyclic) bond motifs is 1. The first-order chi connectivity index (χ1) is 13.1. The van der Waals surface area contributed by atoms with Crippen molar-refractivity contribution in [3.8, 4) is 0 Å². The van der Waals surface area contributed by atoms with Gasteiger partial charge in [0.1, 0.15) is 11.5 Å². The molecule has 0 aromatic carbocycles. The van der Waals surface area contributed by atoms with Gasteiger partial charge in [0.25, 0.3) is 0 Å². The van der Waals surface area contributed by atoms with Crippen LogP contribution in [0.5, 0.6) is 0 Å². The molecule has 0 unspecified atom stereocenters. The van der Waals surface area contributed by atoms with Crippen LogP contribution in [0, 0.1) is 5.41 Å². The predicted octanol–water partition coefficient (Wildman–Crippen LogP) is -0.592. The van der Waals surface area contributed by atoms with E-state index in [4.69, 9.17) is 11.1 Å². The van der Waals surface area contributed by atoms with E-state index < -0.39 is 6.04 Å². The lowest BCUT2D eigenvalue weighted by atomic mass is 10.2. The van der Waals surface area contributed by atoms with Gasteiger partial charge in [-0.2, -0.15) is 9.61 Å². The zero-order chi connectivity index (χ0) is 19.4. The fourth-order valence-corrected chi connectivity index (χ4v) is 2.45. The van der Waals surface area contributed by atoms with E-state index in [1.807, 2.05) is 6.92 Å². The molecule has 3 heterocycles. The van der Waals surface area contributed by atoms with Gasteiger partial charge in [0.15, 0.2) is 17.3 Å². The van der Waals surface area contributed by atoms with Gasteiger partial charge in [-0.1, -0.05) is 0 Å². The van der Waals surface area contributed by atoms with Gasteiger partial charge in [0.05, 0.1) is 36.9 Å². The molecule has 11 heteroatoms. The van der Waals surface area contributed by atoms with Gasteiger partial charge in [-0.25, -0.2) is 15.0 Å². The molecule has 0 fully saturated rings. The van der Waals surface area contributed by atoms with E-state index >= 15 is 0 Å². The number of hydrogen-bond acceptors (Lipinski definition) is 9. The van der Waals surface area contributed by atoms with Crippen molar-refractivity contribution in [1.29, 1.82) is 5.41 Å². The average molecular weight is 371 g/mol. The van der Waals surface area contributed by atoms with Crippen LogP contribution in [0.25, 0.3) is 5.65 Å². The lowest BCUT2D eigenvalue weighted by Crippen LogP contribution is -2.45. The molecule has 3 rings (SSSR count). The smallest absolute Gasteiger partial charge is 0.183 e. The molecule has 0 saturated carbocycles. The Balaban J connectivity index is 1.99. The molecule has 1 aliphatic heterocycles. The fourth-order valence-electron chi connectivity index (χ4n) is 2.45. The Morgan fingerprint density at radius 3 is 2.85 bits per heavy atom. The van der Waals surface area contributed by atoms with E-state index in [1.165, 1.54) is 6.08 Å².